The van der Waals surface area contributed by atoms with Gasteiger partial charge in [0.05, 0.1) is 0 Å². The van der Waals surface area contributed by atoms with Gasteiger partial charge in [-0.1, -0.05) is 0 Å². The van der Waals surface area contributed by atoms with Crippen LogP contribution in [0.15, 0.2) is 55.0 Å². The van der Waals surface area contributed by atoms with Gasteiger partial charge in [-0.15, -0.1) is 0 Å². The van der Waals surface area contributed by atoms with Crippen LogP contribution in [0.4, 0.5) is 5.69 Å². The van der Waals surface area contributed by atoms with Crippen molar-refractivity contribution in [1.82, 2.24) is 19.4 Å². The number of carbonyl (C=O) groups excluding carboxylic acids is 1. The summed E-state index contributed by atoms with van der Waals surface area (Å²) in [6.07, 6.45) is 5.10. The molecule has 1 fully saturated rings. The van der Waals surface area contributed by atoms with E-state index in [4.69, 9.17) is 4.74 Å². The van der Waals surface area contributed by atoms with Crippen molar-refractivity contribution in [3.05, 3.63) is 64.1 Å². The summed E-state index contributed by atoms with van der Waals surface area (Å²) in [6.45, 7) is 0. The number of nitrogens with one attached hydrogen (secondary N) is 1. The summed E-state index contributed by atoms with van der Waals surface area (Å²) in [5.41, 5.74) is 3.78. The van der Waals surface area contributed by atoms with Crippen LogP contribution in [-0.4, -0.2) is 34.8 Å². The molecule has 1 amide bonds. The fourth-order valence-corrected chi connectivity index (χ4v) is 17.1. The van der Waals surface area contributed by atoms with E-state index < -0.39 is 15.8 Å². The minimum absolute atomic E-state index is 0.209. The number of methoxy groups -OCH3 is 1. The Morgan fingerprint density at radius 2 is 2.10 bits per heavy atom. The van der Waals surface area contributed by atoms with Crippen LogP contribution in [0.5, 0.6) is 5.75 Å². The summed E-state index contributed by atoms with van der Waals surface area (Å²) in [4.78, 5) is 13.0. The van der Waals surface area contributed by atoms with Crippen molar-refractivity contribution in [3.63, 3.8) is 0 Å². The first kappa shape index (κ1) is 18.9. The number of hydrogen-bond donors (Lipinski definition) is 1. The summed E-state index contributed by atoms with van der Waals surface area (Å²) in [5.74, 6) is 0.582. The van der Waals surface area contributed by atoms with Crippen molar-refractivity contribution in [2.45, 2.75) is 0 Å². The number of carbonyl (C=O) groups is 1. The second kappa shape index (κ2) is 7.59. The Morgan fingerprint density at radius 1 is 1.24 bits per heavy atom. The maximum atomic E-state index is 13.0. The Hall–Kier alpha value is -2.15. The molecule has 3 aromatic heterocycles. The predicted octanol–water partition coefficient (Wildman–Crippen LogP) is 0.647. The van der Waals surface area contributed by atoms with Crippen LogP contribution in [0.1, 0.15) is 10.4 Å². The van der Waals surface area contributed by atoms with Crippen LogP contribution in [-0.2, 0) is 7.05 Å². The molecule has 0 aliphatic carbocycles. The van der Waals surface area contributed by atoms with Gasteiger partial charge in [-0.2, -0.15) is 0 Å². The molecule has 0 bridgehead atoms. The standard InChI is InChI=1S/C20H18I2N5O2/c1-26-19(14-9-13(22-12-21-22)6-7-18(14)29-2)16(11-23-26)25-20(28)15-10-24-27-8-4-3-5-17(15)27/h3-11H,12H2,1-2H3,(H,25,28)/q-1. The van der Waals surface area contributed by atoms with Crippen LogP contribution in [0.25, 0.3) is 16.8 Å². The fourth-order valence-electron chi connectivity index (χ4n) is 3.28. The van der Waals surface area contributed by atoms with Crippen LogP contribution < -0.4 is 27.3 Å². The number of alkyl halides is 2. The van der Waals surface area contributed by atoms with Gasteiger partial charge in [0, 0.05) is 0 Å². The van der Waals surface area contributed by atoms with Crippen LogP contribution in [0.3, 0.4) is 0 Å². The van der Waals surface area contributed by atoms with Gasteiger partial charge in [-0.05, 0) is 0 Å². The first-order valence-electron chi connectivity index (χ1n) is 8.86. The minimum atomic E-state index is -0.821. The molecule has 5 rings (SSSR count). The molecule has 1 aliphatic rings. The number of pyridine rings is 1. The quantitative estimate of drug-likeness (QED) is 0.265. The van der Waals surface area contributed by atoms with E-state index in [9.17, 15) is 4.79 Å². The normalized spacial score (nSPS) is 14.5. The number of fused-ring (bicyclic) bond motifs is 1. The SMILES string of the molecule is COc1ccc(I2C[I-]2)cc1-c1c(NC(=O)c2cnn3ccccc23)cnn1C. The van der Waals surface area contributed by atoms with E-state index in [1.165, 1.54) is 6.00 Å². The summed E-state index contributed by atoms with van der Waals surface area (Å²) >= 11 is -0.369. The van der Waals surface area contributed by atoms with E-state index in [0.29, 0.717) is 28.5 Å². The van der Waals surface area contributed by atoms with E-state index >= 15 is 0 Å². The second-order valence-corrected chi connectivity index (χ2v) is 24.9. The fraction of sp³-hybridized carbons (Fsp3) is 0.150. The molecule has 0 spiro atoms. The van der Waals surface area contributed by atoms with Gasteiger partial charge in [-0.25, -0.2) is 0 Å². The molecular weight excluding hydrogens is 596 g/mol. The zero-order chi connectivity index (χ0) is 20.0. The van der Waals surface area contributed by atoms with Crippen LogP contribution >= 0.6 is 15.8 Å². The zero-order valence-corrected chi connectivity index (χ0v) is 20.1. The van der Waals surface area contributed by atoms with E-state index in [0.717, 1.165) is 22.5 Å². The van der Waals surface area contributed by atoms with E-state index in [2.05, 4.69) is 27.6 Å². The molecule has 0 atom stereocenters. The molecule has 7 nitrogen and oxygen atoms in total. The van der Waals surface area contributed by atoms with Crippen molar-refractivity contribution in [1.29, 1.82) is 0 Å². The molecule has 150 valence electrons. The Kier molecular flexibility index (Phi) is 4.94. The van der Waals surface area contributed by atoms with E-state index in [1.807, 2.05) is 37.5 Å². The maximum absolute atomic E-state index is 13.0. The Balaban J connectivity index is 1.54. The van der Waals surface area contributed by atoms with Crippen LogP contribution in [0.2, 0.25) is 0 Å². The molecular formula is C20H18I2N5O2-. The monoisotopic (exact) mass is 614 g/mol. The summed E-state index contributed by atoms with van der Waals surface area (Å²) in [6, 6.07) is 12.2. The molecule has 0 unspecified atom stereocenters. The number of rotatable bonds is 5. The molecule has 0 radical (unpaired) electrons. The molecule has 29 heavy (non-hydrogen) atoms. The Morgan fingerprint density at radius 3 is 2.90 bits per heavy atom. The Labute approximate surface area is 181 Å². The molecule has 0 saturated carbocycles. The van der Waals surface area contributed by atoms with Gasteiger partial charge in [0.15, 0.2) is 0 Å². The van der Waals surface area contributed by atoms with Gasteiger partial charge in [0.1, 0.15) is 0 Å². The van der Waals surface area contributed by atoms with Gasteiger partial charge in [0.25, 0.3) is 0 Å². The molecule has 9 heteroatoms. The second-order valence-electron chi connectivity index (χ2n) is 6.43. The number of anilines is 1. The first-order chi connectivity index (χ1) is 14.2. The number of ether oxygens (including phenoxy) is 1. The predicted molar refractivity (Wildman–Crippen MR) is 116 cm³/mol. The van der Waals surface area contributed by atoms with Crippen molar-refractivity contribution in [2.75, 3.05) is 14.9 Å². The number of hydrogen-bond acceptors (Lipinski definition) is 4. The van der Waals surface area contributed by atoms with Crippen molar-refractivity contribution in [2.24, 2.45) is 7.05 Å². The Bertz CT molecular complexity index is 1230. The number of nitrogens with zero attached hydrogens (tertiary/aromatic N) is 4. The number of amides is 1. The molecule has 1 aromatic carbocycles. The third-order valence-electron chi connectivity index (χ3n) is 4.71. The summed E-state index contributed by atoms with van der Waals surface area (Å²) < 4.78 is 12.1. The van der Waals surface area contributed by atoms with Gasteiger partial charge >= 0.3 is 182 Å². The van der Waals surface area contributed by atoms with E-state index in [1.54, 1.807) is 28.7 Å². The molecule has 4 aromatic rings. The molecule has 1 N–H and O–H groups in total. The van der Waals surface area contributed by atoms with E-state index in [-0.39, 0.29) is 5.91 Å². The summed E-state index contributed by atoms with van der Waals surface area (Å²) in [5, 5.41) is 11.7. The third kappa shape index (κ3) is 3.50. The first-order valence-corrected chi connectivity index (χ1v) is 19.3. The topological polar surface area (TPSA) is 73.4 Å². The average Bonchev–Trinajstić information content (AvgIpc) is 3.40. The van der Waals surface area contributed by atoms with Gasteiger partial charge < -0.3 is 0 Å². The van der Waals surface area contributed by atoms with Crippen LogP contribution in [0, 0.1) is 3.57 Å². The zero-order valence-electron chi connectivity index (χ0n) is 15.8. The van der Waals surface area contributed by atoms with Gasteiger partial charge in [0.2, 0.25) is 0 Å². The van der Waals surface area contributed by atoms with Gasteiger partial charge in [-0.3, -0.25) is 0 Å². The van der Waals surface area contributed by atoms with Crippen molar-refractivity contribution in [3.8, 4) is 17.0 Å². The number of halogens is 2. The van der Waals surface area contributed by atoms with Crippen molar-refractivity contribution >= 4 is 33.0 Å². The molecule has 1 saturated heterocycles. The van der Waals surface area contributed by atoms with Crippen molar-refractivity contribution < 1.29 is 26.8 Å². The number of aromatic nitrogens is 4. The number of benzene rings is 1. The number of aryl methyl sites for hydroxylation is 1. The molecule has 1 aliphatic heterocycles. The average molecular weight is 614 g/mol. The third-order valence-corrected chi connectivity index (χ3v) is 18.8. The summed E-state index contributed by atoms with van der Waals surface area (Å²) in [7, 11) is 3.56. The molecule has 4 heterocycles.